The van der Waals surface area contributed by atoms with Gasteiger partial charge in [0, 0.05) is 19.5 Å². The summed E-state index contributed by atoms with van der Waals surface area (Å²) in [6.07, 6.45) is 3.86. The summed E-state index contributed by atoms with van der Waals surface area (Å²) in [5.41, 5.74) is 2.99. The molecule has 1 aliphatic carbocycles. The zero-order chi connectivity index (χ0) is 13.2. The van der Waals surface area contributed by atoms with Gasteiger partial charge in [-0.1, -0.05) is 6.07 Å². The van der Waals surface area contributed by atoms with Crippen molar-refractivity contribution in [2.75, 3.05) is 0 Å². The maximum atomic E-state index is 9.49. The second-order valence-corrected chi connectivity index (χ2v) is 5.42. The molecule has 4 heteroatoms. The Balaban J connectivity index is 1.61. The first-order valence-electron chi connectivity index (χ1n) is 6.98. The molecule has 3 rings (SSSR count). The third-order valence-electron chi connectivity index (χ3n) is 3.85. The lowest BCUT2D eigenvalue weighted by Gasteiger charge is -2.26. The van der Waals surface area contributed by atoms with E-state index in [1.807, 2.05) is 13.0 Å². The SMILES string of the molecule is Cc1nc2ccc(CNC3CCC(O)CC3)cc2o1. The number of aliphatic hydroxyl groups is 1. The molecule has 1 heterocycles. The Hall–Kier alpha value is -1.39. The molecule has 1 aliphatic rings. The third-order valence-corrected chi connectivity index (χ3v) is 3.85. The topological polar surface area (TPSA) is 58.3 Å². The summed E-state index contributed by atoms with van der Waals surface area (Å²) in [5, 5.41) is 13.0. The largest absolute Gasteiger partial charge is 0.441 e. The van der Waals surface area contributed by atoms with Gasteiger partial charge in [0.05, 0.1) is 6.10 Å². The summed E-state index contributed by atoms with van der Waals surface area (Å²) in [7, 11) is 0. The Morgan fingerprint density at radius 2 is 2.11 bits per heavy atom. The molecule has 0 unspecified atom stereocenters. The monoisotopic (exact) mass is 260 g/mol. The third kappa shape index (κ3) is 2.96. The van der Waals surface area contributed by atoms with Crippen LogP contribution in [0.4, 0.5) is 0 Å². The van der Waals surface area contributed by atoms with Crippen molar-refractivity contribution in [2.24, 2.45) is 0 Å². The van der Waals surface area contributed by atoms with Gasteiger partial charge in [0.1, 0.15) is 5.52 Å². The van der Waals surface area contributed by atoms with Gasteiger partial charge in [0.15, 0.2) is 11.5 Å². The van der Waals surface area contributed by atoms with Gasteiger partial charge in [-0.15, -0.1) is 0 Å². The fourth-order valence-corrected chi connectivity index (χ4v) is 2.74. The normalized spacial score (nSPS) is 23.9. The molecule has 1 fully saturated rings. The molecule has 1 aromatic heterocycles. The highest BCUT2D eigenvalue weighted by atomic mass is 16.3. The Labute approximate surface area is 112 Å². The van der Waals surface area contributed by atoms with Crippen LogP contribution < -0.4 is 5.32 Å². The summed E-state index contributed by atoms with van der Waals surface area (Å²) >= 11 is 0. The van der Waals surface area contributed by atoms with E-state index in [1.54, 1.807) is 0 Å². The van der Waals surface area contributed by atoms with E-state index in [-0.39, 0.29) is 6.10 Å². The lowest BCUT2D eigenvalue weighted by Crippen LogP contribution is -2.34. The van der Waals surface area contributed by atoms with Crippen molar-refractivity contribution in [1.82, 2.24) is 10.3 Å². The van der Waals surface area contributed by atoms with Gasteiger partial charge in [0.2, 0.25) is 0 Å². The maximum absolute atomic E-state index is 9.49. The van der Waals surface area contributed by atoms with Gasteiger partial charge in [0.25, 0.3) is 0 Å². The number of aliphatic hydroxyl groups excluding tert-OH is 1. The van der Waals surface area contributed by atoms with Crippen LogP contribution in [0.15, 0.2) is 22.6 Å². The zero-order valence-electron chi connectivity index (χ0n) is 11.2. The molecule has 2 aromatic rings. The lowest BCUT2D eigenvalue weighted by atomic mass is 9.93. The number of hydrogen-bond donors (Lipinski definition) is 2. The van der Waals surface area contributed by atoms with Crippen LogP contribution in [-0.2, 0) is 6.54 Å². The van der Waals surface area contributed by atoms with Gasteiger partial charge in [-0.2, -0.15) is 0 Å². The molecule has 2 N–H and O–H groups in total. The van der Waals surface area contributed by atoms with Gasteiger partial charge in [-0.25, -0.2) is 4.98 Å². The lowest BCUT2D eigenvalue weighted by molar-refractivity contribution is 0.116. The van der Waals surface area contributed by atoms with E-state index in [2.05, 4.69) is 22.4 Å². The van der Waals surface area contributed by atoms with E-state index in [9.17, 15) is 5.11 Å². The highest BCUT2D eigenvalue weighted by Crippen LogP contribution is 2.20. The number of hydrogen-bond acceptors (Lipinski definition) is 4. The number of fused-ring (bicyclic) bond motifs is 1. The second-order valence-electron chi connectivity index (χ2n) is 5.42. The first-order valence-corrected chi connectivity index (χ1v) is 6.98. The summed E-state index contributed by atoms with van der Waals surface area (Å²) < 4.78 is 5.54. The van der Waals surface area contributed by atoms with Crippen LogP contribution in [0, 0.1) is 6.92 Å². The van der Waals surface area contributed by atoms with Crippen molar-refractivity contribution < 1.29 is 9.52 Å². The summed E-state index contributed by atoms with van der Waals surface area (Å²) in [6.45, 7) is 2.71. The molecule has 0 radical (unpaired) electrons. The molecule has 0 bridgehead atoms. The second kappa shape index (κ2) is 5.31. The average molecular weight is 260 g/mol. The molecule has 1 aromatic carbocycles. The molecule has 102 valence electrons. The molecule has 0 aliphatic heterocycles. The Morgan fingerprint density at radius 3 is 2.89 bits per heavy atom. The number of rotatable bonds is 3. The fourth-order valence-electron chi connectivity index (χ4n) is 2.74. The molecule has 0 amide bonds. The van der Waals surface area contributed by atoms with Crippen LogP contribution in [0.1, 0.15) is 37.1 Å². The smallest absolute Gasteiger partial charge is 0.192 e. The highest BCUT2D eigenvalue weighted by molar-refractivity contribution is 5.73. The van der Waals surface area contributed by atoms with Crippen molar-refractivity contribution in [1.29, 1.82) is 0 Å². The van der Waals surface area contributed by atoms with Crippen LogP contribution in [-0.4, -0.2) is 22.2 Å². The summed E-state index contributed by atoms with van der Waals surface area (Å²) in [5.74, 6) is 0.710. The minimum atomic E-state index is -0.0911. The molecule has 0 atom stereocenters. The molecule has 4 nitrogen and oxygen atoms in total. The van der Waals surface area contributed by atoms with Crippen molar-refractivity contribution in [3.63, 3.8) is 0 Å². The molecule has 0 spiro atoms. The quantitative estimate of drug-likeness (QED) is 0.890. The van der Waals surface area contributed by atoms with E-state index in [4.69, 9.17) is 4.42 Å². The molecular weight excluding hydrogens is 240 g/mol. The van der Waals surface area contributed by atoms with E-state index in [0.29, 0.717) is 11.9 Å². The van der Waals surface area contributed by atoms with Crippen molar-refractivity contribution >= 4 is 11.1 Å². The Kier molecular flexibility index (Phi) is 3.53. The van der Waals surface area contributed by atoms with Gasteiger partial charge in [-0.05, 0) is 43.4 Å². The molecule has 0 saturated heterocycles. The maximum Gasteiger partial charge on any atom is 0.192 e. The summed E-state index contributed by atoms with van der Waals surface area (Å²) in [6, 6.07) is 6.68. The van der Waals surface area contributed by atoms with Gasteiger partial charge >= 0.3 is 0 Å². The van der Waals surface area contributed by atoms with E-state index < -0.39 is 0 Å². The zero-order valence-corrected chi connectivity index (χ0v) is 11.2. The first kappa shape index (κ1) is 12.6. The van der Waals surface area contributed by atoms with Crippen LogP contribution >= 0.6 is 0 Å². The predicted molar refractivity (Wildman–Crippen MR) is 73.8 cm³/mol. The minimum Gasteiger partial charge on any atom is -0.441 e. The van der Waals surface area contributed by atoms with Gasteiger partial charge < -0.3 is 14.8 Å². The number of aromatic nitrogens is 1. The predicted octanol–water partition coefficient (Wildman–Crippen LogP) is 2.53. The number of nitrogens with zero attached hydrogens (tertiary/aromatic N) is 1. The number of aryl methyl sites for hydroxylation is 1. The minimum absolute atomic E-state index is 0.0911. The summed E-state index contributed by atoms with van der Waals surface area (Å²) in [4.78, 5) is 4.30. The standard InChI is InChI=1S/C15H20N2O2/c1-10-17-14-7-2-11(8-15(14)19-10)9-16-12-3-5-13(18)6-4-12/h2,7-8,12-13,16,18H,3-6,9H2,1H3. The van der Waals surface area contributed by atoms with E-state index in [1.165, 1.54) is 5.56 Å². The van der Waals surface area contributed by atoms with Crippen molar-refractivity contribution in [2.45, 2.75) is 51.3 Å². The highest BCUT2D eigenvalue weighted by Gasteiger charge is 2.18. The average Bonchev–Trinajstić information content (AvgIpc) is 2.77. The van der Waals surface area contributed by atoms with Crippen molar-refractivity contribution in [3.8, 4) is 0 Å². The number of nitrogens with one attached hydrogen (secondary N) is 1. The van der Waals surface area contributed by atoms with Crippen LogP contribution in [0.5, 0.6) is 0 Å². The Bertz CT molecular complexity index is 556. The molecule has 1 saturated carbocycles. The van der Waals surface area contributed by atoms with Crippen LogP contribution in [0.3, 0.4) is 0 Å². The van der Waals surface area contributed by atoms with Crippen LogP contribution in [0.2, 0.25) is 0 Å². The number of oxazole rings is 1. The number of benzene rings is 1. The van der Waals surface area contributed by atoms with Crippen LogP contribution in [0.25, 0.3) is 11.1 Å². The van der Waals surface area contributed by atoms with Gasteiger partial charge in [-0.3, -0.25) is 0 Å². The fraction of sp³-hybridized carbons (Fsp3) is 0.533. The van der Waals surface area contributed by atoms with E-state index >= 15 is 0 Å². The first-order chi connectivity index (χ1) is 9.20. The Morgan fingerprint density at radius 1 is 1.32 bits per heavy atom. The molecular formula is C15H20N2O2. The van der Waals surface area contributed by atoms with Crippen molar-refractivity contribution in [3.05, 3.63) is 29.7 Å². The van der Waals surface area contributed by atoms with E-state index in [0.717, 1.165) is 43.3 Å². The molecule has 19 heavy (non-hydrogen) atoms.